The number of nitrogens with one attached hydrogen (secondary N) is 1. The van der Waals surface area contributed by atoms with Crippen molar-refractivity contribution in [3.63, 3.8) is 0 Å². The smallest absolute Gasteiger partial charge is 0.165 e. The monoisotopic (exact) mass is 462 g/mol. The standard InChI is InChI=1S/C23H22Cl2F2N4/c1-12-9-16(13-5-8-19(26)20(27)10-13)17(11-28-12)23-30-29-22(31(23)14-6-7-14)15-3-2-4-18(24)21(15)25/h2-5,8,10,12,14,16-17,28H,6-7,9,11H2,1H3/t12-,16+,17-/m0/s1. The highest BCUT2D eigenvalue weighted by Crippen LogP contribution is 2.46. The summed E-state index contributed by atoms with van der Waals surface area (Å²) < 4.78 is 29.8. The van der Waals surface area contributed by atoms with Crippen LogP contribution in [0.3, 0.4) is 0 Å². The van der Waals surface area contributed by atoms with Gasteiger partial charge in [0.05, 0.1) is 10.0 Å². The topological polar surface area (TPSA) is 42.7 Å². The molecule has 1 aliphatic carbocycles. The number of halogens is 4. The zero-order chi connectivity index (χ0) is 21.7. The van der Waals surface area contributed by atoms with E-state index in [2.05, 4.69) is 27.0 Å². The molecule has 31 heavy (non-hydrogen) atoms. The van der Waals surface area contributed by atoms with E-state index in [0.29, 0.717) is 28.5 Å². The maximum atomic E-state index is 14.0. The van der Waals surface area contributed by atoms with Crippen molar-refractivity contribution >= 4 is 23.2 Å². The van der Waals surface area contributed by atoms with Gasteiger partial charge in [0.15, 0.2) is 17.5 Å². The van der Waals surface area contributed by atoms with E-state index >= 15 is 0 Å². The average molecular weight is 463 g/mol. The lowest BCUT2D eigenvalue weighted by atomic mass is 9.78. The number of hydrogen-bond donors (Lipinski definition) is 1. The number of nitrogens with zero attached hydrogens (tertiary/aromatic N) is 3. The first-order chi connectivity index (χ1) is 14.9. The molecule has 0 radical (unpaired) electrons. The first kappa shape index (κ1) is 20.9. The van der Waals surface area contributed by atoms with E-state index in [9.17, 15) is 8.78 Å². The highest BCUT2D eigenvalue weighted by molar-refractivity contribution is 6.43. The van der Waals surface area contributed by atoms with Crippen LogP contribution in [0.25, 0.3) is 11.4 Å². The van der Waals surface area contributed by atoms with Crippen molar-refractivity contribution in [3.8, 4) is 11.4 Å². The van der Waals surface area contributed by atoms with Gasteiger partial charge in [-0.3, -0.25) is 0 Å². The summed E-state index contributed by atoms with van der Waals surface area (Å²) in [6, 6.07) is 10.3. The number of benzene rings is 2. The van der Waals surface area contributed by atoms with E-state index in [1.807, 2.05) is 12.1 Å². The van der Waals surface area contributed by atoms with Crippen LogP contribution >= 0.6 is 23.2 Å². The summed E-state index contributed by atoms with van der Waals surface area (Å²) in [4.78, 5) is 0. The Morgan fingerprint density at radius 1 is 1.03 bits per heavy atom. The van der Waals surface area contributed by atoms with E-state index in [-0.39, 0.29) is 17.9 Å². The largest absolute Gasteiger partial charge is 0.313 e. The van der Waals surface area contributed by atoms with Crippen molar-refractivity contribution in [3.05, 3.63) is 69.5 Å². The molecule has 0 bridgehead atoms. The Balaban J connectivity index is 1.60. The fourth-order valence-electron chi connectivity index (χ4n) is 4.59. The molecule has 4 nitrogen and oxygen atoms in total. The highest BCUT2D eigenvalue weighted by Gasteiger charge is 2.39. The van der Waals surface area contributed by atoms with E-state index in [4.69, 9.17) is 23.2 Å². The molecule has 1 saturated heterocycles. The molecule has 5 rings (SSSR count). The summed E-state index contributed by atoms with van der Waals surface area (Å²) in [5.74, 6) is -0.134. The minimum absolute atomic E-state index is 0.00395. The minimum Gasteiger partial charge on any atom is -0.313 e. The van der Waals surface area contributed by atoms with Crippen molar-refractivity contribution in [1.29, 1.82) is 0 Å². The lowest BCUT2D eigenvalue weighted by Gasteiger charge is -2.36. The average Bonchev–Trinajstić information content (AvgIpc) is 3.51. The Bertz CT molecular complexity index is 1130. The van der Waals surface area contributed by atoms with Gasteiger partial charge in [-0.15, -0.1) is 10.2 Å². The molecule has 1 aromatic heterocycles. The summed E-state index contributed by atoms with van der Waals surface area (Å²) in [6.07, 6.45) is 2.88. The van der Waals surface area contributed by atoms with Gasteiger partial charge in [0, 0.05) is 30.1 Å². The van der Waals surface area contributed by atoms with Gasteiger partial charge in [-0.25, -0.2) is 8.78 Å². The van der Waals surface area contributed by atoms with Gasteiger partial charge in [0.25, 0.3) is 0 Å². The predicted octanol–water partition coefficient (Wildman–Crippen LogP) is 6.11. The van der Waals surface area contributed by atoms with Gasteiger partial charge in [-0.05, 0) is 61.9 Å². The lowest BCUT2D eigenvalue weighted by molar-refractivity contribution is 0.324. The van der Waals surface area contributed by atoms with Gasteiger partial charge in [-0.2, -0.15) is 0 Å². The van der Waals surface area contributed by atoms with Crippen LogP contribution in [0.15, 0.2) is 36.4 Å². The third kappa shape index (κ3) is 3.86. The third-order valence-electron chi connectivity index (χ3n) is 6.31. The molecule has 2 heterocycles. The second-order valence-electron chi connectivity index (χ2n) is 8.52. The predicted molar refractivity (Wildman–Crippen MR) is 118 cm³/mol. The number of piperidine rings is 1. The zero-order valence-electron chi connectivity index (χ0n) is 17.0. The molecule has 3 aromatic rings. The third-order valence-corrected chi connectivity index (χ3v) is 7.13. The van der Waals surface area contributed by atoms with Crippen LogP contribution in [-0.2, 0) is 0 Å². The van der Waals surface area contributed by atoms with Crippen molar-refractivity contribution in [2.45, 2.75) is 50.1 Å². The minimum atomic E-state index is -0.832. The molecule has 0 unspecified atom stereocenters. The van der Waals surface area contributed by atoms with Crippen LogP contribution in [0.4, 0.5) is 8.78 Å². The van der Waals surface area contributed by atoms with E-state index in [0.717, 1.165) is 36.2 Å². The zero-order valence-corrected chi connectivity index (χ0v) is 18.5. The Labute approximate surface area is 189 Å². The quantitative estimate of drug-likeness (QED) is 0.508. The van der Waals surface area contributed by atoms with Crippen molar-refractivity contribution in [2.24, 2.45) is 0 Å². The molecule has 0 amide bonds. The van der Waals surface area contributed by atoms with Gasteiger partial charge in [-0.1, -0.05) is 35.3 Å². The molecule has 1 saturated carbocycles. The Morgan fingerprint density at radius 2 is 1.84 bits per heavy atom. The Hall–Kier alpha value is -2.02. The number of rotatable bonds is 4. The second kappa shape index (κ2) is 8.15. The van der Waals surface area contributed by atoms with E-state index in [1.54, 1.807) is 12.1 Å². The Kier molecular flexibility index (Phi) is 5.49. The molecule has 162 valence electrons. The molecular weight excluding hydrogens is 441 g/mol. The van der Waals surface area contributed by atoms with Crippen molar-refractivity contribution in [1.82, 2.24) is 20.1 Å². The maximum absolute atomic E-state index is 14.0. The normalized spacial score (nSPS) is 23.8. The van der Waals surface area contributed by atoms with Crippen LogP contribution in [0.1, 0.15) is 55.5 Å². The van der Waals surface area contributed by atoms with Crippen LogP contribution in [-0.4, -0.2) is 27.4 Å². The molecule has 2 fully saturated rings. The van der Waals surface area contributed by atoms with Gasteiger partial charge in [0.2, 0.25) is 0 Å². The van der Waals surface area contributed by atoms with Crippen molar-refractivity contribution < 1.29 is 8.78 Å². The fraction of sp³-hybridized carbons (Fsp3) is 0.391. The van der Waals surface area contributed by atoms with Gasteiger partial charge in [0.1, 0.15) is 5.82 Å². The van der Waals surface area contributed by atoms with E-state index in [1.165, 1.54) is 12.1 Å². The maximum Gasteiger partial charge on any atom is 0.165 e. The summed E-state index contributed by atoms with van der Waals surface area (Å²) in [5.41, 5.74) is 1.53. The molecule has 0 spiro atoms. The SMILES string of the molecule is C[C@H]1C[C@H](c2ccc(F)c(F)c2)[C@@H](c2nnc(-c3cccc(Cl)c3Cl)n2C2CC2)CN1. The summed E-state index contributed by atoms with van der Waals surface area (Å²) >= 11 is 12.7. The van der Waals surface area contributed by atoms with Crippen LogP contribution in [0, 0.1) is 11.6 Å². The van der Waals surface area contributed by atoms with Crippen LogP contribution in [0.2, 0.25) is 10.0 Å². The summed E-state index contributed by atoms with van der Waals surface area (Å²) in [5, 5.41) is 13.5. The van der Waals surface area contributed by atoms with Gasteiger partial charge >= 0.3 is 0 Å². The summed E-state index contributed by atoms with van der Waals surface area (Å²) in [7, 11) is 0. The molecule has 1 aliphatic heterocycles. The van der Waals surface area contributed by atoms with E-state index < -0.39 is 11.6 Å². The lowest BCUT2D eigenvalue weighted by Crippen LogP contribution is -2.41. The molecular formula is C23H22Cl2F2N4. The fourth-order valence-corrected chi connectivity index (χ4v) is 4.98. The first-order valence-corrected chi connectivity index (χ1v) is 11.3. The van der Waals surface area contributed by atoms with Gasteiger partial charge < -0.3 is 9.88 Å². The second-order valence-corrected chi connectivity index (χ2v) is 9.30. The molecule has 2 aliphatic rings. The molecule has 3 atom stereocenters. The first-order valence-electron chi connectivity index (χ1n) is 10.5. The highest BCUT2D eigenvalue weighted by atomic mass is 35.5. The molecule has 2 aromatic carbocycles. The Morgan fingerprint density at radius 3 is 2.58 bits per heavy atom. The number of aromatic nitrogens is 3. The molecule has 8 heteroatoms. The van der Waals surface area contributed by atoms with Crippen molar-refractivity contribution in [2.75, 3.05) is 6.54 Å². The summed E-state index contributed by atoms with van der Waals surface area (Å²) in [6.45, 7) is 2.78. The van der Waals surface area contributed by atoms with Crippen LogP contribution < -0.4 is 5.32 Å². The number of hydrogen-bond acceptors (Lipinski definition) is 3. The van der Waals surface area contributed by atoms with Crippen LogP contribution in [0.5, 0.6) is 0 Å². The molecule has 1 N–H and O–H groups in total.